The Kier molecular flexibility index (Phi) is 4.91. The van der Waals surface area contributed by atoms with Gasteiger partial charge in [0.25, 0.3) is 0 Å². The van der Waals surface area contributed by atoms with Crippen LogP contribution in [0.4, 0.5) is 0 Å². The number of esters is 1. The van der Waals surface area contributed by atoms with Gasteiger partial charge in [0, 0.05) is 13.0 Å². The first-order valence-electron chi connectivity index (χ1n) is 4.26. The Morgan fingerprint density at radius 3 is 2.15 bits per heavy atom. The second-order valence-corrected chi connectivity index (χ2v) is 3.72. The number of thiocarbonyl (C=S) groups is 1. The Morgan fingerprint density at radius 2 is 1.85 bits per heavy atom. The van der Waals surface area contributed by atoms with Crippen LogP contribution in [-0.4, -0.2) is 36.1 Å². The van der Waals surface area contributed by atoms with Crippen LogP contribution in [0.1, 0.15) is 20.8 Å². The summed E-state index contributed by atoms with van der Waals surface area (Å²) in [6.07, 6.45) is 0. The van der Waals surface area contributed by atoms with Gasteiger partial charge in [-0.1, -0.05) is 26.1 Å². The lowest BCUT2D eigenvalue weighted by Crippen LogP contribution is -2.41. The highest BCUT2D eigenvalue weighted by Gasteiger charge is 2.21. The predicted octanol–water partition coefficient (Wildman–Crippen LogP) is 1.46. The van der Waals surface area contributed by atoms with Crippen molar-refractivity contribution in [3.05, 3.63) is 0 Å². The molecule has 0 amide bonds. The maximum atomic E-state index is 11.2. The molecular weight excluding hydrogens is 186 g/mol. The standard InChI is InChI=1S/C9H17NO2S/c1-6(2)8(13)10(4)7(3)9(11)12-5/h6-7H,1-5H3/t7-/m0/s1. The summed E-state index contributed by atoms with van der Waals surface area (Å²) in [6.45, 7) is 5.78. The molecule has 1 atom stereocenters. The fraction of sp³-hybridized carbons (Fsp3) is 0.778. The van der Waals surface area contributed by atoms with Gasteiger partial charge in [0.15, 0.2) is 0 Å². The van der Waals surface area contributed by atoms with Gasteiger partial charge in [0.2, 0.25) is 0 Å². The van der Waals surface area contributed by atoms with E-state index in [9.17, 15) is 4.79 Å². The molecule has 0 aliphatic rings. The summed E-state index contributed by atoms with van der Waals surface area (Å²) in [5.41, 5.74) is 0. The van der Waals surface area contributed by atoms with Crippen molar-refractivity contribution in [2.75, 3.05) is 14.2 Å². The summed E-state index contributed by atoms with van der Waals surface area (Å²) < 4.78 is 4.62. The van der Waals surface area contributed by atoms with Crippen molar-refractivity contribution in [3.63, 3.8) is 0 Å². The van der Waals surface area contributed by atoms with E-state index in [1.807, 2.05) is 20.9 Å². The van der Waals surface area contributed by atoms with E-state index in [-0.39, 0.29) is 17.9 Å². The molecule has 0 fully saturated rings. The maximum Gasteiger partial charge on any atom is 0.328 e. The van der Waals surface area contributed by atoms with Crippen LogP contribution >= 0.6 is 12.2 Å². The maximum absolute atomic E-state index is 11.2. The minimum atomic E-state index is -0.306. The van der Waals surface area contributed by atoms with Gasteiger partial charge in [-0.3, -0.25) is 0 Å². The van der Waals surface area contributed by atoms with Crippen LogP contribution in [0.2, 0.25) is 0 Å². The molecule has 0 unspecified atom stereocenters. The molecule has 13 heavy (non-hydrogen) atoms. The average molecular weight is 203 g/mol. The first kappa shape index (κ1) is 12.4. The van der Waals surface area contributed by atoms with Crippen LogP contribution in [-0.2, 0) is 9.53 Å². The molecule has 0 heterocycles. The van der Waals surface area contributed by atoms with Crippen LogP contribution in [0.25, 0.3) is 0 Å². The third kappa shape index (κ3) is 3.30. The van der Waals surface area contributed by atoms with E-state index in [0.717, 1.165) is 4.99 Å². The summed E-state index contributed by atoms with van der Waals surface area (Å²) >= 11 is 5.16. The number of hydrogen-bond donors (Lipinski definition) is 0. The lowest BCUT2D eigenvalue weighted by molar-refractivity contribution is -0.144. The van der Waals surface area contributed by atoms with Crippen molar-refractivity contribution in [2.24, 2.45) is 5.92 Å². The summed E-state index contributed by atoms with van der Waals surface area (Å²) in [7, 11) is 3.19. The highest BCUT2D eigenvalue weighted by Crippen LogP contribution is 2.06. The Balaban J connectivity index is 4.33. The van der Waals surface area contributed by atoms with Gasteiger partial charge in [-0.25, -0.2) is 4.79 Å². The number of ether oxygens (including phenoxy) is 1. The molecule has 0 bridgehead atoms. The number of methoxy groups -OCH3 is 1. The van der Waals surface area contributed by atoms with Gasteiger partial charge in [-0.05, 0) is 6.92 Å². The number of likely N-dealkylation sites (N-methyl/N-ethyl adjacent to an activating group) is 1. The van der Waals surface area contributed by atoms with E-state index in [0.29, 0.717) is 0 Å². The van der Waals surface area contributed by atoms with Crippen molar-refractivity contribution < 1.29 is 9.53 Å². The van der Waals surface area contributed by atoms with Crippen LogP contribution in [0.15, 0.2) is 0 Å². The highest BCUT2D eigenvalue weighted by molar-refractivity contribution is 7.80. The Morgan fingerprint density at radius 1 is 1.38 bits per heavy atom. The van der Waals surface area contributed by atoms with Gasteiger partial charge >= 0.3 is 5.97 Å². The first-order valence-corrected chi connectivity index (χ1v) is 4.67. The summed E-state index contributed by atoms with van der Waals surface area (Å²) in [5.74, 6) is 0.0117. The molecular formula is C9H17NO2S. The summed E-state index contributed by atoms with van der Waals surface area (Å²) in [4.78, 5) is 13.7. The van der Waals surface area contributed by atoms with E-state index >= 15 is 0 Å². The minimum Gasteiger partial charge on any atom is -0.467 e. The SMILES string of the molecule is COC(=O)[C@H](C)N(C)C(=S)C(C)C. The molecule has 0 saturated heterocycles. The van der Waals surface area contributed by atoms with Gasteiger partial charge in [-0.15, -0.1) is 0 Å². The topological polar surface area (TPSA) is 29.5 Å². The molecule has 0 rings (SSSR count). The first-order chi connectivity index (χ1) is 5.91. The van der Waals surface area contributed by atoms with Crippen LogP contribution in [0, 0.1) is 5.92 Å². The zero-order valence-corrected chi connectivity index (χ0v) is 9.64. The number of carbonyl (C=O) groups is 1. The Hall–Kier alpha value is -0.640. The van der Waals surface area contributed by atoms with Gasteiger partial charge < -0.3 is 9.64 Å². The van der Waals surface area contributed by atoms with Crippen molar-refractivity contribution in [2.45, 2.75) is 26.8 Å². The molecule has 0 saturated carbocycles. The van der Waals surface area contributed by atoms with Crippen LogP contribution in [0.3, 0.4) is 0 Å². The van der Waals surface area contributed by atoms with Gasteiger partial charge in [-0.2, -0.15) is 0 Å². The zero-order valence-electron chi connectivity index (χ0n) is 8.83. The van der Waals surface area contributed by atoms with E-state index in [1.165, 1.54) is 7.11 Å². The monoisotopic (exact) mass is 203 g/mol. The second kappa shape index (κ2) is 5.17. The quantitative estimate of drug-likeness (QED) is 0.513. The van der Waals surface area contributed by atoms with Crippen molar-refractivity contribution in [3.8, 4) is 0 Å². The average Bonchev–Trinajstić information content (AvgIpc) is 2.12. The third-order valence-electron chi connectivity index (χ3n) is 1.96. The molecule has 0 aliphatic heterocycles. The molecule has 0 aromatic carbocycles. The largest absolute Gasteiger partial charge is 0.467 e. The fourth-order valence-corrected chi connectivity index (χ4v) is 1.08. The van der Waals surface area contributed by atoms with E-state index in [1.54, 1.807) is 11.8 Å². The molecule has 0 aliphatic carbocycles. The smallest absolute Gasteiger partial charge is 0.328 e. The molecule has 0 N–H and O–H groups in total. The van der Waals surface area contributed by atoms with Crippen LogP contribution < -0.4 is 0 Å². The molecule has 4 heteroatoms. The third-order valence-corrected chi connectivity index (χ3v) is 2.72. The lowest BCUT2D eigenvalue weighted by Gasteiger charge is -2.27. The van der Waals surface area contributed by atoms with Crippen LogP contribution in [0.5, 0.6) is 0 Å². The Bertz CT molecular complexity index is 204. The van der Waals surface area contributed by atoms with Crippen molar-refractivity contribution in [1.29, 1.82) is 0 Å². The lowest BCUT2D eigenvalue weighted by atomic mass is 10.2. The number of nitrogens with zero attached hydrogens (tertiary/aromatic N) is 1. The van der Waals surface area contributed by atoms with Crippen molar-refractivity contribution in [1.82, 2.24) is 4.90 Å². The summed E-state index contributed by atoms with van der Waals surface area (Å²) in [6, 6.07) is -0.306. The number of rotatable bonds is 3. The molecule has 0 aromatic heterocycles. The molecule has 3 nitrogen and oxygen atoms in total. The zero-order chi connectivity index (χ0) is 10.6. The Labute approximate surface area is 85.1 Å². The minimum absolute atomic E-state index is 0.259. The molecule has 0 radical (unpaired) electrons. The second-order valence-electron chi connectivity index (χ2n) is 3.30. The van der Waals surface area contributed by atoms with E-state index in [4.69, 9.17) is 12.2 Å². The van der Waals surface area contributed by atoms with Gasteiger partial charge in [0.1, 0.15) is 6.04 Å². The molecule has 76 valence electrons. The number of hydrogen-bond acceptors (Lipinski definition) is 3. The molecule has 0 aromatic rings. The predicted molar refractivity (Wildman–Crippen MR) is 56.7 cm³/mol. The van der Waals surface area contributed by atoms with Crippen molar-refractivity contribution >= 4 is 23.2 Å². The van der Waals surface area contributed by atoms with E-state index < -0.39 is 0 Å². The van der Waals surface area contributed by atoms with Gasteiger partial charge in [0.05, 0.1) is 12.1 Å². The highest BCUT2D eigenvalue weighted by atomic mass is 32.1. The van der Waals surface area contributed by atoms with E-state index in [2.05, 4.69) is 4.74 Å². The normalized spacial score (nSPS) is 12.5. The molecule has 0 spiro atoms. The number of carbonyl (C=O) groups excluding carboxylic acids is 1. The summed E-state index contributed by atoms with van der Waals surface area (Å²) in [5, 5.41) is 0. The fourth-order valence-electron chi connectivity index (χ4n) is 0.927.